The van der Waals surface area contributed by atoms with Crippen LogP contribution >= 0.6 is 11.3 Å². The molecule has 0 spiro atoms. The quantitative estimate of drug-likeness (QED) is 0.877. The lowest BCUT2D eigenvalue weighted by atomic mass is 10.3. The monoisotopic (exact) mass is 237 g/mol. The molecule has 0 saturated heterocycles. The van der Waals surface area contributed by atoms with Crippen LogP contribution < -0.4 is 0 Å². The standard InChI is InChI=1S/C10H11N3O2S/c1-2-7-3-4-8(16-7)5-13-6-9(10(14)15)11-12-13/h3-4,6H,2,5H2,1H3,(H,14,15). The van der Waals surface area contributed by atoms with Crippen molar-refractivity contribution in [2.75, 3.05) is 0 Å². The number of carboxylic acids is 1. The Kier molecular flexibility index (Phi) is 3.00. The molecule has 0 saturated carbocycles. The smallest absolute Gasteiger partial charge is 0.358 e. The van der Waals surface area contributed by atoms with E-state index < -0.39 is 5.97 Å². The van der Waals surface area contributed by atoms with Crippen molar-refractivity contribution < 1.29 is 9.90 Å². The van der Waals surface area contributed by atoms with Crippen LogP contribution in [0.4, 0.5) is 0 Å². The number of hydrogen-bond acceptors (Lipinski definition) is 4. The summed E-state index contributed by atoms with van der Waals surface area (Å²) in [4.78, 5) is 13.1. The molecule has 1 N–H and O–H groups in total. The number of aryl methyl sites for hydroxylation is 1. The van der Waals surface area contributed by atoms with E-state index in [1.54, 1.807) is 11.3 Å². The van der Waals surface area contributed by atoms with E-state index in [0.29, 0.717) is 6.54 Å². The summed E-state index contributed by atoms with van der Waals surface area (Å²) in [6, 6.07) is 4.11. The number of nitrogens with zero attached hydrogens (tertiary/aromatic N) is 3. The van der Waals surface area contributed by atoms with E-state index in [1.807, 2.05) is 6.07 Å². The molecule has 0 radical (unpaired) electrons. The van der Waals surface area contributed by atoms with Gasteiger partial charge in [0.1, 0.15) is 0 Å². The third-order valence-corrected chi connectivity index (χ3v) is 3.36. The second kappa shape index (κ2) is 4.44. The second-order valence-electron chi connectivity index (χ2n) is 3.33. The molecular weight excluding hydrogens is 226 g/mol. The van der Waals surface area contributed by atoms with Crippen molar-refractivity contribution in [1.29, 1.82) is 0 Å². The minimum Gasteiger partial charge on any atom is -0.476 e. The summed E-state index contributed by atoms with van der Waals surface area (Å²) in [5.74, 6) is -1.05. The summed E-state index contributed by atoms with van der Waals surface area (Å²) >= 11 is 1.71. The summed E-state index contributed by atoms with van der Waals surface area (Å²) in [6.45, 7) is 2.68. The van der Waals surface area contributed by atoms with E-state index in [1.165, 1.54) is 15.8 Å². The number of thiophene rings is 1. The highest BCUT2D eigenvalue weighted by Crippen LogP contribution is 2.17. The Morgan fingerprint density at radius 2 is 2.25 bits per heavy atom. The third-order valence-electron chi connectivity index (χ3n) is 2.14. The summed E-state index contributed by atoms with van der Waals surface area (Å²) in [7, 11) is 0. The molecule has 2 rings (SSSR count). The number of aromatic carboxylic acids is 1. The first-order chi connectivity index (χ1) is 7.69. The predicted octanol–water partition coefficient (Wildman–Crippen LogP) is 1.65. The first kappa shape index (κ1) is 10.8. The molecule has 0 aliphatic heterocycles. The summed E-state index contributed by atoms with van der Waals surface area (Å²) in [6.07, 6.45) is 2.45. The highest BCUT2D eigenvalue weighted by molar-refractivity contribution is 7.11. The van der Waals surface area contributed by atoms with Gasteiger partial charge in [-0.1, -0.05) is 12.1 Å². The van der Waals surface area contributed by atoms with Gasteiger partial charge in [-0.25, -0.2) is 9.48 Å². The van der Waals surface area contributed by atoms with Crippen molar-refractivity contribution in [3.05, 3.63) is 33.8 Å². The Labute approximate surface area is 96.3 Å². The van der Waals surface area contributed by atoms with Crippen LogP contribution in [0.1, 0.15) is 27.2 Å². The van der Waals surface area contributed by atoms with Crippen molar-refractivity contribution in [2.24, 2.45) is 0 Å². The lowest BCUT2D eigenvalue weighted by Crippen LogP contribution is -1.98. The molecule has 0 unspecified atom stereocenters. The normalized spacial score (nSPS) is 10.6. The fourth-order valence-electron chi connectivity index (χ4n) is 1.33. The van der Waals surface area contributed by atoms with E-state index in [9.17, 15) is 4.79 Å². The minimum atomic E-state index is -1.05. The number of hydrogen-bond donors (Lipinski definition) is 1. The average Bonchev–Trinajstić information content (AvgIpc) is 2.87. The SMILES string of the molecule is CCc1ccc(Cn2cc(C(=O)O)nn2)s1. The molecule has 2 heterocycles. The molecule has 0 fully saturated rings. The number of carbonyl (C=O) groups is 1. The molecule has 84 valence electrons. The van der Waals surface area contributed by atoms with Crippen LogP contribution in [0.3, 0.4) is 0 Å². The molecule has 5 nitrogen and oxygen atoms in total. The van der Waals surface area contributed by atoms with Crippen molar-refractivity contribution >= 4 is 17.3 Å². The molecular formula is C10H11N3O2S. The van der Waals surface area contributed by atoms with Gasteiger partial charge in [0, 0.05) is 9.75 Å². The number of rotatable bonds is 4. The zero-order valence-electron chi connectivity index (χ0n) is 8.75. The number of aromatic nitrogens is 3. The Bertz CT molecular complexity index is 504. The molecule has 0 aliphatic carbocycles. The van der Waals surface area contributed by atoms with Gasteiger partial charge in [-0.2, -0.15) is 0 Å². The highest BCUT2D eigenvalue weighted by Gasteiger charge is 2.08. The van der Waals surface area contributed by atoms with E-state index in [2.05, 4.69) is 23.3 Å². The Balaban J connectivity index is 2.11. The lowest BCUT2D eigenvalue weighted by molar-refractivity contribution is 0.0690. The highest BCUT2D eigenvalue weighted by atomic mass is 32.1. The maximum atomic E-state index is 10.6. The second-order valence-corrected chi connectivity index (χ2v) is 4.58. The van der Waals surface area contributed by atoms with Crippen LogP contribution in [-0.4, -0.2) is 26.1 Å². The van der Waals surface area contributed by atoms with Crippen molar-refractivity contribution in [3.63, 3.8) is 0 Å². The van der Waals surface area contributed by atoms with Crippen LogP contribution in [0.5, 0.6) is 0 Å². The fraction of sp³-hybridized carbons (Fsp3) is 0.300. The maximum Gasteiger partial charge on any atom is 0.358 e. The summed E-state index contributed by atoms with van der Waals surface area (Å²) in [5.41, 5.74) is -0.0210. The van der Waals surface area contributed by atoms with Crippen LogP contribution in [0, 0.1) is 0 Å². The predicted molar refractivity (Wildman–Crippen MR) is 59.8 cm³/mol. The molecule has 2 aromatic heterocycles. The molecule has 0 aliphatic rings. The molecule has 16 heavy (non-hydrogen) atoms. The zero-order chi connectivity index (χ0) is 11.5. The van der Waals surface area contributed by atoms with Gasteiger partial charge < -0.3 is 5.11 Å². The molecule has 6 heteroatoms. The van der Waals surface area contributed by atoms with Crippen molar-refractivity contribution in [3.8, 4) is 0 Å². The summed E-state index contributed by atoms with van der Waals surface area (Å²) in [5, 5.41) is 16.0. The average molecular weight is 237 g/mol. The van der Waals surface area contributed by atoms with Crippen LogP contribution in [0.25, 0.3) is 0 Å². The number of carboxylic acid groups (broad SMARTS) is 1. The molecule has 0 amide bonds. The van der Waals surface area contributed by atoms with E-state index in [0.717, 1.165) is 11.3 Å². The van der Waals surface area contributed by atoms with Crippen molar-refractivity contribution in [2.45, 2.75) is 19.9 Å². The zero-order valence-corrected chi connectivity index (χ0v) is 9.57. The van der Waals surface area contributed by atoms with Gasteiger partial charge in [-0.3, -0.25) is 0 Å². The first-order valence-electron chi connectivity index (χ1n) is 4.90. The first-order valence-corrected chi connectivity index (χ1v) is 5.71. The molecule has 0 bridgehead atoms. The van der Waals surface area contributed by atoms with Gasteiger partial charge in [0.15, 0.2) is 5.69 Å². The van der Waals surface area contributed by atoms with Gasteiger partial charge in [0.25, 0.3) is 0 Å². The Morgan fingerprint density at radius 3 is 2.81 bits per heavy atom. The van der Waals surface area contributed by atoms with Gasteiger partial charge >= 0.3 is 5.97 Å². The van der Waals surface area contributed by atoms with Gasteiger partial charge in [-0.05, 0) is 18.6 Å². The molecule has 0 aromatic carbocycles. The third kappa shape index (κ3) is 2.27. The maximum absolute atomic E-state index is 10.6. The van der Waals surface area contributed by atoms with Gasteiger partial charge in [0.05, 0.1) is 12.7 Å². The van der Waals surface area contributed by atoms with E-state index in [4.69, 9.17) is 5.11 Å². The van der Waals surface area contributed by atoms with Gasteiger partial charge in [-0.15, -0.1) is 16.4 Å². The lowest BCUT2D eigenvalue weighted by Gasteiger charge is -1.95. The topological polar surface area (TPSA) is 68.0 Å². The molecule has 0 atom stereocenters. The largest absolute Gasteiger partial charge is 0.476 e. The van der Waals surface area contributed by atoms with E-state index >= 15 is 0 Å². The fourth-order valence-corrected chi connectivity index (χ4v) is 2.28. The molecule has 2 aromatic rings. The Hall–Kier alpha value is -1.69. The van der Waals surface area contributed by atoms with Crippen LogP contribution in [0.2, 0.25) is 0 Å². The Morgan fingerprint density at radius 1 is 1.50 bits per heavy atom. The minimum absolute atomic E-state index is 0.0210. The van der Waals surface area contributed by atoms with Crippen LogP contribution in [-0.2, 0) is 13.0 Å². The van der Waals surface area contributed by atoms with Gasteiger partial charge in [0.2, 0.25) is 0 Å². The summed E-state index contributed by atoms with van der Waals surface area (Å²) < 4.78 is 1.54. The van der Waals surface area contributed by atoms with E-state index in [-0.39, 0.29) is 5.69 Å². The van der Waals surface area contributed by atoms with Crippen LogP contribution in [0.15, 0.2) is 18.3 Å². The van der Waals surface area contributed by atoms with Crippen molar-refractivity contribution in [1.82, 2.24) is 15.0 Å².